The number of rotatable bonds is 48. The Morgan fingerprint density at radius 3 is 1.17 bits per heavy atom. The van der Waals surface area contributed by atoms with E-state index in [1.165, 1.54) is 109 Å². The minimum absolute atomic E-state index is 0.103. The van der Waals surface area contributed by atoms with Crippen molar-refractivity contribution in [1.82, 2.24) is 0 Å². The minimum Gasteiger partial charge on any atom is -0.462 e. The molecule has 0 heterocycles. The molecule has 0 rings (SSSR count). The predicted octanol–water partition coefficient (Wildman–Crippen LogP) is 18.1. The zero-order valence-corrected chi connectivity index (χ0v) is 42.9. The second-order valence-corrected chi connectivity index (χ2v) is 17.9. The van der Waals surface area contributed by atoms with Gasteiger partial charge in [-0.3, -0.25) is 14.4 Å². The van der Waals surface area contributed by atoms with Crippen molar-refractivity contribution in [2.24, 2.45) is 0 Å². The molecule has 0 aliphatic carbocycles. The van der Waals surface area contributed by atoms with Crippen LogP contribution in [0.15, 0.2) is 97.2 Å². The number of unbranched alkanes of at least 4 members (excludes halogenated alkanes) is 25. The normalized spacial score (nSPS) is 12.8. The zero-order chi connectivity index (χ0) is 47.9. The fourth-order valence-electron chi connectivity index (χ4n) is 7.38. The van der Waals surface area contributed by atoms with Crippen molar-refractivity contribution < 1.29 is 28.6 Å². The van der Waals surface area contributed by atoms with Gasteiger partial charge in [0.25, 0.3) is 0 Å². The van der Waals surface area contributed by atoms with Gasteiger partial charge in [-0.05, 0) is 64.2 Å². The second-order valence-electron chi connectivity index (χ2n) is 17.9. The number of carbonyl (C=O) groups is 3. The highest BCUT2D eigenvalue weighted by atomic mass is 16.6. The molecule has 0 amide bonds. The molecular weight excluding hydrogens is 817 g/mol. The van der Waals surface area contributed by atoms with Crippen LogP contribution in [0.3, 0.4) is 0 Å². The molecule has 376 valence electrons. The average Bonchev–Trinajstić information content (AvgIpc) is 3.31. The Kier molecular flexibility index (Phi) is 50.9. The SMILES string of the molecule is CC/C=C\C/C=C\C/C=C\CCCC(=O)OCC(COC(=O)CCCCCCCCCCCCCCCCCCCCC)OC(=O)CCCCCCC\C=C/C=C\C=C/C=C\C=C/CCC. The van der Waals surface area contributed by atoms with Crippen molar-refractivity contribution in [3.63, 3.8) is 0 Å². The van der Waals surface area contributed by atoms with Gasteiger partial charge in [0.2, 0.25) is 0 Å². The van der Waals surface area contributed by atoms with Crippen LogP contribution >= 0.6 is 0 Å². The molecule has 0 spiro atoms. The third-order valence-electron chi connectivity index (χ3n) is 11.4. The number of ether oxygens (including phenoxy) is 3. The first-order valence-electron chi connectivity index (χ1n) is 27.3. The summed E-state index contributed by atoms with van der Waals surface area (Å²) < 4.78 is 16.8. The quantitative estimate of drug-likeness (QED) is 0.0199. The lowest BCUT2D eigenvalue weighted by Gasteiger charge is -2.18. The van der Waals surface area contributed by atoms with Crippen molar-refractivity contribution in [2.75, 3.05) is 13.2 Å². The van der Waals surface area contributed by atoms with Crippen LogP contribution in [-0.2, 0) is 28.6 Å². The third kappa shape index (κ3) is 51.3. The Bertz CT molecular complexity index is 1330. The van der Waals surface area contributed by atoms with Crippen molar-refractivity contribution >= 4 is 17.9 Å². The first-order valence-corrected chi connectivity index (χ1v) is 27.3. The average molecular weight is 917 g/mol. The van der Waals surface area contributed by atoms with Crippen LogP contribution in [0.4, 0.5) is 0 Å². The van der Waals surface area contributed by atoms with E-state index in [0.29, 0.717) is 12.8 Å². The summed E-state index contributed by atoms with van der Waals surface area (Å²) in [5.41, 5.74) is 0. The lowest BCUT2D eigenvalue weighted by Crippen LogP contribution is -2.30. The fourth-order valence-corrected chi connectivity index (χ4v) is 7.38. The van der Waals surface area contributed by atoms with Crippen LogP contribution in [0.25, 0.3) is 0 Å². The molecule has 0 aliphatic rings. The number of carbonyl (C=O) groups excluding carboxylic acids is 3. The van der Waals surface area contributed by atoms with E-state index in [9.17, 15) is 14.4 Å². The van der Waals surface area contributed by atoms with Crippen molar-refractivity contribution in [1.29, 1.82) is 0 Å². The molecule has 0 bridgehead atoms. The molecule has 0 aliphatic heterocycles. The van der Waals surface area contributed by atoms with Gasteiger partial charge >= 0.3 is 17.9 Å². The topological polar surface area (TPSA) is 78.9 Å². The highest BCUT2D eigenvalue weighted by Gasteiger charge is 2.19. The van der Waals surface area contributed by atoms with Crippen LogP contribution in [0.1, 0.15) is 245 Å². The fraction of sp³-hybridized carbons (Fsp3) is 0.683. The lowest BCUT2D eigenvalue weighted by atomic mass is 10.0. The Morgan fingerprint density at radius 1 is 0.333 bits per heavy atom. The summed E-state index contributed by atoms with van der Waals surface area (Å²) in [5.74, 6) is -0.984. The van der Waals surface area contributed by atoms with Crippen LogP contribution in [0, 0.1) is 0 Å². The molecular formula is C60H100O6. The maximum absolute atomic E-state index is 12.8. The van der Waals surface area contributed by atoms with Gasteiger partial charge in [-0.2, -0.15) is 0 Å². The van der Waals surface area contributed by atoms with E-state index >= 15 is 0 Å². The van der Waals surface area contributed by atoms with Gasteiger partial charge in [0.1, 0.15) is 13.2 Å². The summed E-state index contributed by atoms with van der Waals surface area (Å²) in [6, 6.07) is 0. The Balaban J connectivity index is 4.42. The molecule has 1 unspecified atom stereocenters. The molecule has 6 nitrogen and oxygen atoms in total. The van der Waals surface area contributed by atoms with Gasteiger partial charge in [0.05, 0.1) is 0 Å². The summed E-state index contributed by atoms with van der Waals surface area (Å²) in [6.45, 7) is 6.37. The summed E-state index contributed by atoms with van der Waals surface area (Å²) in [7, 11) is 0. The zero-order valence-electron chi connectivity index (χ0n) is 42.9. The molecule has 1 atom stereocenters. The summed E-state index contributed by atoms with van der Waals surface area (Å²) in [6.07, 6.45) is 71.2. The lowest BCUT2D eigenvalue weighted by molar-refractivity contribution is -0.167. The first-order chi connectivity index (χ1) is 32.5. The Morgan fingerprint density at radius 2 is 0.697 bits per heavy atom. The van der Waals surface area contributed by atoms with E-state index in [-0.39, 0.29) is 44.0 Å². The number of esters is 3. The van der Waals surface area contributed by atoms with Gasteiger partial charge in [-0.25, -0.2) is 0 Å². The highest BCUT2D eigenvalue weighted by molar-refractivity contribution is 5.71. The van der Waals surface area contributed by atoms with Crippen LogP contribution in [-0.4, -0.2) is 37.2 Å². The largest absolute Gasteiger partial charge is 0.462 e. The van der Waals surface area contributed by atoms with Crippen molar-refractivity contribution in [2.45, 2.75) is 252 Å². The van der Waals surface area contributed by atoms with Crippen molar-refractivity contribution in [3.8, 4) is 0 Å². The molecule has 6 heteroatoms. The smallest absolute Gasteiger partial charge is 0.306 e. The van der Waals surface area contributed by atoms with E-state index < -0.39 is 6.10 Å². The maximum atomic E-state index is 12.8. The van der Waals surface area contributed by atoms with Gasteiger partial charge in [0, 0.05) is 19.3 Å². The van der Waals surface area contributed by atoms with E-state index in [2.05, 4.69) is 93.7 Å². The molecule has 0 aromatic heterocycles. The van der Waals surface area contributed by atoms with Gasteiger partial charge in [-0.15, -0.1) is 0 Å². The Labute approximate surface area is 407 Å². The van der Waals surface area contributed by atoms with Crippen LogP contribution in [0.2, 0.25) is 0 Å². The van der Waals surface area contributed by atoms with Gasteiger partial charge < -0.3 is 14.2 Å². The summed E-state index contributed by atoms with van der Waals surface area (Å²) in [4.78, 5) is 38.0. The number of allylic oxidation sites excluding steroid dienone is 16. The van der Waals surface area contributed by atoms with E-state index in [1.54, 1.807) is 0 Å². The van der Waals surface area contributed by atoms with Crippen molar-refractivity contribution in [3.05, 3.63) is 97.2 Å². The molecule has 66 heavy (non-hydrogen) atoms. The Hall–Kier alpha value is -3.67. The molecule has 0 N–H and O–H groups in total. The van der Waals surface area contributed by atoms with E-state index in [1.807, 2.05) is 24.3 Å². The molecule has 0 radical (unpaired) electrons. The number of hydrogen-bond donors (Lipinski definition) is 0. The van der Waals surface area contributed by atoms with E-state index in [0.717, 1.165) is 89.9 Å². The summed E-state index contributed by atoms with van der Waals surface area (Å²) in [5, 5.41) is 0. The van der Waals surface area contributed by atoms with Crippen LogP contribution in [0.5, 0.6) is 0 Å². The molecule has 0 saturated heterocycles. The molecule has 0 aromatic carbocycles. The van der Waals surface area contributed by atoms with E-state index in [4.69, 9.17) is 14.2 Å². The highest BCUT2D eigenvalue weighted by Crippen LogP contribution is 2.16. The minimum atomic E-state index is -0.810. The van der Waals surface area contributed by atoms with Gasteiger partial charge in [0.15, 0.2) is 6.10 Å². The maximum Gasteiger partial charge on any atom is 0.306 e. The second kappa shape index (κ2) is 53.9. The molecule has 0 fully saturated rings. The number of hydrogen-bond acceptors (Lipinski definition) is 6. The first kappa shape index (κ1) is 62.3. The standard InChI is InChI=1S/C60H100O6/c1-4-7-10-13-16-19-22-24-26-28-30-32-33-35-38-41-44-47-50-53-59(62)65-56-57(55-64-58(61)52-49-46-43-40-37-21-18-15-12-9-6-3)66-60(63)54-51-48-45-42-39-36-34-31-29-27-25-23-20-17-14-11-8-5-2/h9,11-12,14,17-18,20-21,23,25,27,29,31,34,40,43,57H,4-8,10,13,15-16,19,22,24,26,28,30,32-33,35-39,41-42,44-56H2,1-3H3/b12-9-,14-11-,20-17-,21-18-,25-23-,29-27-,34-31-,43-40-. The predicted molar refractivity (Wildman–Crippen MR) is 284 cm³/mol. The molecule has 0 saturated carbocycles. The third-order valence-corrected chi connectivity index (χ3v) is 11.4. The summed E-state index contributed by atoms with van der Waals surface area (Å²) >= 11 is 0. The van der Waals surface area contributed by atoms with Crippen LogP contribution < -0.4 is 0 Å². The monoisotopic (exact) mass is 917 g/mol. The molecule has 0 aromatic rings. The van der Waals surface area contributed by atoms with Gasteiger partial charge in [-0.1, -0.05) is 259 Å².